The molecule has 4 rings (SSSR count). The van der Waals surface area contributed by atoms with Crippen LogP contribution in [-0.4, -0.2) is 30.6 Å². The molecule has 3 aromatic rings. The molecule has 174 valence electrons. The van der Waals surface area contributed by atoms with Crippen molar-refractivity contribution in [2.45, 2.75) is 51.5 Å². The average Bonchev–Trinajstić information content (AvgIpc) is 3.15. The maximum Gasteiger partial charge on any atom is 0.330 e. The van der Waals surface area contributed by atoms with E-state index in [9.17, 15) is 9.59 Å². The van der Waals surface area contributed by atoms with Crippen molar-refractivity contribution in [1.82, 2.24) is 9.55 Å². The molecular weight excluding hydrogens is 432 g/mol. The normalized spacial score (nSPS) is 21.3. The van der Waals surface area contributed by atoms with Gasteiger partial charge >= 0.3 is 5.69 Å². The van der Waals surface area contributed by atoms with E-state index in [1.54, 1.807) is 0 Å². The molecule has 2 aromatic carbocycles. The largest absolute Gasteiger partial charge is 0.405 e. The van der Waals surface area contributed by atoms with Crippen LogP contribution >= 0.6 is 0 Å². The molecule has 1 aromatic heterocycles. The Hall–Kier alpha value is -2.74. The molecule has 0 unspecified atom stereocenters. The number of hydrogen-bond donors (Lipinski definition) is 1. The van der Waals surface area contributed by atoms with Gasteiger partial charge in [-0.15, -0.1) is 0 Å². The minimum atomic E-state index is -2.66. The zero-order valence-corrected chi connectivity index (χ0v) is 20.7. The topological polar surface area (TPSA) is 73.3 Å². The second-order valence-corrected chi connectivity index (χ2v) is 14.1. The number of hydrogen-bond acceptors (Lipinski definition) is 4. The molecule has 0 amide bonds. The van der Waals surface area contributed by atoms with Gasteiger partial charge < -0.3 is 9.16 Å². The number of benzene rings is 2. The summed E-state index contributed by atoms with van der Waals surface area (Å²) < 4.78 is 14.8. The van der Waals surface area contributed by atoms with Crippen LogP contribution in [-0.2, 0) is 9.16 Å². The van der Waals surface area contributed by atoms with Crippen LogP contribution in [0.1, 0.15) is 40.3 Å². The van der Waals surface area contributed by atoms with Crippen LogP contribution in [0, 0.1) is 5.92 Å². The summed E-state index contributed by atoms with van der Waals surface area (Å²) in [5.74, 6) is 0.201. The number of aromatic nitrogens is 2. The molecule has 3 atom stereocenters. The summed E-state index contributed by atoms with van der Waals surface area (Å²) in [7, 11) is -2.66. The second kappa shape index (κ2) is 9.25. The van der Waals surface area contributed by atoms with Crippen molar-refractivity contribution in [2.75, 3.05) is 6.61 Å². The molecule has 0 bridgehead atoms. The van der Waals surface area contributed by atoms with E-state index in [4.69, 9.17) is 9.16 Å². The first-order chi connectivity index (χ1) is 15.7. The van der Waals surface area contributed by atoms with Crippen molar-refractivity contribution in [1.29, 1.82) is 0 Å². The zero-order chi connectivity index (χ0) is 23.6. The van der Waals surface area contributed by atoms with Crippen LogP contribution in [0.2, 0.25) is 5.04 Å². The Labute approximate surface area is 195 Å². The van der Waals surface area contributed by atoms with E-state index < -0.39 is 25.8 Å². The van der Waals surface area contributed by atoms with Crippen molar-refractivity contribution in [3.8, 4) is 0 Å². The van der Waals surface area contributed by atoms with Gasteiger partial charge in [-0.3, -0.25) is 14.3 Å². The van der Waals surface area contributed by atoms with Crippen LogP contribution in [0.15, 0.2) is 82.5 Å². The first kappa shape index (κ1) is 23.4. The second-order valence-electron chi connectivity index (χ2n) is 9.83. The zero-order valence-electron chi connectivity index (χ0n) is 19.7. The first-order valence-electron chi connectivity index (χ1n) is 11.4. The Bertz CT molecular complexity index is 1140. The van der Waals surface area contributed by atoms with Crippen molar-refractivity contribution >= 4 is 18.7 Å². The van der Waals surface area contributed by atoms with Gasteiger partial charge in [-0.05, 0) is 27.8 Å². The predicted molar refractivity (Wildman–Crippen MR) is 133 cm³/mol. The highest BCUT2D eigenvalue weighted by atomic mass is 28.4. The standard InChI is InChI=1S/C26H32N2O4Si/c1-19-17-24(28-16-15-23(29)27-25(28)30)32-22(19)18-31-33(26(2,3)4,20-11-7-5-8-12-20)21-13-9-6-10-14-21/h5-16,19,22,24H,17-18H2,1-4H3,(H,27,29,30)/t19-,22+,24-/m0/s1. The van der Waals surface area contributed by atoms with Crippen LogP contribution < -0.4 is 21.6 Å². The Balaban J connectivity index is 1.65. The maximum atomic E-state index is 12.3. The Morgan fingerprint density at radius 3 is 2.09 bits per heavy atom. The molecule has 1 aliphatic heterocycles. The molecule has 0 radical (unpaired) electrons. The molecular formula is C26H32N2O4Si. The molecule has 0 saturated carbocycles. The molecule has 1 N–H and O–H groups in total. The van der Waals surface area contributed by atoms with Crippen molar-refractivity contribution in [3.63, 3.8) is 0 Å². The quantitative estimate of drug-likeness (QED) is 0.569. The van der Waals surface area contributed by atoms with Crippen molar-refractivity contribution in [2.24, 2.45) is 5.92 Å². The van der Waals surface area contributed by atoms with E-state index in [1.165, 1.54) is 27.2 Å². The molecule has 6 nitrogen and oxygen atoms in total. The van der Waals surface area contributed by atoms with Gasteiger partial charge in [0.2, 0.25) is 0 Å². The fourth-order valence-corrected chi connectivity index (χ4v) is 9.44. The molecule has 0 aliphatic carbocycles. The van der Waals surface area contributed by atoms with E-state index in [-0.39, 0.29) is 17.1 Å². The van der Waals surface area contributed by atoms with Crippen LogP contribution in [0.4, 0.5) is 0 Å². The Kier molecular flexibility index (Phi) is 6.56. The number of nitrogens with zero attached hydrogens (tertiary/aromatic N) is 1. The van der Waals surface area contributed by atoms with E-state index in [0.29, 0.717) is 13.0 Å². The van der Waals surface area contributed by atoms with Gasteiger partial charge in [-0.25, -0.2) is 4.79 Å². The van der Waals surface area contributed by atoms with Crippen LogP contribution in [0.5, 0.6) is 0 Å². The molecule has 1 fully saturated rings. The highest BCUT2D eigenvalue weighted by Crippen LogP contribution is 2.38. The third-order valence-electron chi connectivity index (χ3n) is 6.58. The van der Waals surface area contributed by atoms with E-state index in [0.717, 1.165) is 0 Å². The van der Waals surface area contributed by atoms with Gasteiger partial charge in [-0.2, -0.15) is 0 Å². The predicted octanol–water partition coefficient (Wildman–Crippen LogP) is 3.04. The summed E-state index contributed by atoms with van der Waals surface area (Å²) in [6.07, 6.45) is 1.61. The molecule has 7 heteroatoms. The van der Waals surface area contributed by atoms with E-state index in [1.807, 2.05) is 12.1 Å². The summed E-state index contributed by atoms with van der Waals surface area (Å²) in [6.45, 7) is 9.31. The SMILES string of the molecule is C[C@H]1C[C@@H](n2ccc(=O)[nH]c2=O)O[C@@H]1CO[Si](c1ccccc1)(c1ccccc1)C(C)(C)C. The van der Waals surface area contributed by atoms with Gasteiger partial charge in [-0.1, -0.05) is 88.4 Å². The van der Waals surface area contributed by atoms with Crippen LogP contribution in [0.3, 0.4) is 0 Å². The van der Waals surface area contributed by atoms with E-state index >= 15 is 0 Å². The maximum absolute atomic E-state index is 12.3. The lowest BCUT2D eigenvalue weighted by atomic mass is 10.0. The fourth-order valence-electron chi connectivity index (χ4n) is 4.87. The number of aromatic amines is 1. The van der Waals surface area contributed by atoms with Gasteiger partial charge in [0.05, 0.1) is 12.7 Å². The molecule has 33 heavy (non-hydrogen) atoms. The molecule has 1 saturated heterocycles. The average molecular weight is 465 g/mol. The molecule has 0 spiro atoms. The Morgan fingerprint density at radius 1 is 1.00 bits per heavy atom. The van der Waals surface area contributed by atoms with Gasteiger partial charge in [0.1, 0.15) is 6.23 Å². The third kappa shape index (κ3) is 4.53. The monoisotopic (exact) mass is 464 g/mol. The van der Waals surface area contributed by atoms with Gasteiger partial charge in [0, 0.05) is 12.3 Å². The highest BCUT2D eigenvalue weighted by Gasteiger charge is 2.51. The lowest BCUT2D eigenvalue weighted by Gasteiger charge is -2.43. The summed E-state index contributed by atoms with van der Waals surface area (Å²) in [4.78, 5) is 26.0. The number of rotatable bonds is 6. The Morgan fingerprint density at radius 2 is 1.58 bits per heavy atom. The van der Waals surface area contributed by atoms with Crippen molar-refractivity contribution < 1.29 is 9.16 Å². The van der Waals surface area contributed by atoms with Crippen molar-refractivity contribution in [3.05, 3.63) is 93.8 Å². The number of H-pyrrole nitrogens is 1. The summed E-state index contributed by atoms with van der Waals surface area (Å²) in [5.41, 5.74) is -0.859. The third-order valence-corrected chi connectivity index (χ3v) is 11.6. The minimum Gasteiger partial charge on any atom is -0.405 e. The lowest BCUT2D eigenvalue weighted by Crippen LogP contribution is -2.67. The molecule has 2 heterocycles. The van der Waals surface area contributed by atoms with Crippen LogP contribution in [0.25, 0.3) is 0 Å². The smallest absolute Gasteiger partial charge is 0.330 e. The van der Waals surface area contributed by atoms with Gasteiger partial charge in [0.15, 0.2) is 0 Å². The lowest BCUT2D eigenvalue weighted by molar-refractivity contribution is -0.0281. The first-order valence-corrected chi connectivity index (χ1v) is 13.3. The summed E-state index contributed by atoms with van der Waals surface area (Å²) in [5, 5.41) is 2.33. The summed E-state index contributed by atoms with van der Waals surface area (Å²) in [6, 6.07) is 22.4. The molecule has 1 aliphatic rings. The van der Waals surface area contributed by atoms with Gasteiger partial charge in [0.25, 0.3) is 13.9 Å². The highest BCUT2D eigenvalue weighted by molar-refractivity contribution is 6.99. The number of nitrogens with one attached hydrogen (secondary N) is 1. The summed E-state index contributed by atoms with van der Waals surface area (Å²) >= 11 is 0. The minimum absolute atomic E-state index is 0.118. The number of ether oxygens (including phenoxy) is 1. The van der Waals surface area contributed by atoms with E-state index in [2.05, 4.69) is 81.2 Å². The fraction of sp³-hybridized carbons (Fsp3) is 0.385.